The smallest absolute Gasteiger partial charge is 0.161 e. The van der Waals surface area contributed by atoms with Crippen LogP contribution < -0.4 is 4.74 Å². The van der Waals surface area contributed by atoms with Gasteiger partial charge in [0.2, 0.25) is 0 Å². The van der Waals surface area contributed by atoms with E-state index in [1.54, 1.807) is 0 Å². The van der Waals surface area contributed by atoms with Gasteiger partial charge in [-0.1, -0.05) is 194 Å². The van der Waals surface area contributed by atoms with Gasteiger partial charge in [0.15, 0.2) is 5.82 Å². The molecule has 0 N–H and O–H groups in total. The van der Waals surface area contributed by atoms with Gasteiger partial charge in [-0.2, -0.15) is 0 Å². The molecule has 10 aromatic rings. The van der Waals surface area contributed by atoms with Crippen molar-refractivity contribution in [3.8, 4) is 78.8 Å². The molecule has 0 unspecified atom stereocenters. The summed E-state index contributed by atoms with van der Waals surface area (Å²) in [6, 6.07) is 77.7. The minimum Gasteiger partial charge on any atom is -0.457 e. The van der Waals surface area contributed by atoms with Crippen molar-refractivity contribution in [2.45, 2.75) is 5.41 Å². The Morgan fingerprint density at radius 3 is 1.53 bits per heavy atom. The van der Waals surface area contributed by atoms with E-state index in [1.165, 1.54) is 38.8 Å². The van der Waals surface area contributed by atoms with Crippen molar-refractivity contribution in [1.82, 2.24) is 9.97 Å². The fourth-order valence-corrected chi connectivity index (χ4v) is 9.81. The van der Waals surface area contributed by atoms with Crippen LogP contribution in [0.1, 0.15) is 22.3 Å². The summed E-state index contributed by atoms with van der Waals surface area (Å²) in [6.45, 7) is 0. The van der Waals surface area contributed by atoms with Crippen molar-refractivity contribution in [3.05, 3.63) is 241 Å². The van der Waals surface area contributed by atoms with Gasteiger partial charge in [-0.05, 0) is 79.5 Å². The Kier molecular flexibility index (Phi) is 7.76. The summed E-state index contributed by atoms with van der Waals surface area (Å²) in [5.74, 6) is 2.41. The maximum atomic E-state index is 6.78. The molecule has 60 heavy (non-hydrogen) atoms. The van der Waals surface area contributed by atoms with E-state index in [0.29, 0.717) is 5.82 Å². The number of rotatable bonds is 5. The molecule has 2 aliphatic rings. The summed E-state index contributed by atoms with van der Waals surface area (Å²) in [5.41, 5.74) is 16.1. The molecular formula is C57H36N2O. The molecule has 9 aromatic carbocycles. The Balaban J connectivity index is 1.07. The lowest BCUT2D eigenvalue weighted by molar-refractivity contribution is 0.436. The third-order valence-electron chi connectivity index (χ3n) is 12.4. The van der Waals surface area contributed by atoms with E-state index in [0.717, 1.165) is 67.2 Å². The van der Waals surface area contributed by atoms with Crippen molar-refractivity contribution in [1.29, 1.82) is 0 Å². The number of benzene rings is 9. The number of hydrogen-bond acceptors (Lipinski definition) is 3. The van der Waals surface area contributed by atoms with Crippen LogP contribution in [0.25, 0.3) is 78.1 Å². The van der Waals surface area contributed by atoms with Crippen molar-refractivity contribution in [3.63, 3.8) is 0 Å². The van der Waals surface area contributed by atoms with Gasteiger partial charge in [-0.15, -0.1) is 0 Å². The normalized spacial score (nSPS) is 12.9. The van der Waals surface area contributed by atoms with E-state index in [-0.39, 0.29) is 0 Å². The van der Waals surface area contributed by atoms with Crippen LogP contribution in [0, 0.1) is 0 Å². The number of fused-ring (bicyclic) bond motifs is 10. The van der Waals surface area contributed by atoms with Gasteiger partial charge in [-0.3, -0.25) is 0 Å². The number of hydrogen-bond donors (Lipinski definition) is 0. The summed E-state index contributed by atoms with van der Waals surface area (Å²) >= 11 is 0. The molecule has 0 fully saturated rings. The maximum Gasteiger partial charge on any atom is 0.161 e. The zero-order chi connectivity index (χ0) is 39.6. The van der Waals surface area contributed by atoms with Gasteiger partial charge < -0.3 is 4.74 Å². The molecule has 1 aliphatic carbocycles. The molecule has 2 heterocycles. The zero-order valence-electron chi connectivity index (χ0n) is 32.6. The van der Waals surface area contributed by atoms with Gasteiger partial charge in [0.1, 0.15) is 11.5 Å². The third kappa shape index (κ3) is 5.16. The Morgan fingerprint density at radius 2 is 0.817 bits per heavy atom. The molecule has 0 saturated carbocycles. The second-order valence-corrected chi connectivity index (χ2v) is 15.6. The minimum atomic E-state index is -0.563. The quantitative estimate of drug-likeness (QED) is 0.175. The van der Waals surface area contributed by atoms with Crippen LogP contribution in [-0.4, -0.2) is 9.97 Å². The number of nitrogens with zero attached hydrogens (tertiary/aromatic N) is 2. The summed E-state index contributed by atoms with van der Waals surface area (Å²) in [5, 5.41) is 2.33. The van der Waals surface area contributed by atoms with E-state index < -0.39 is 5.41 Å². The number of para-hydroxylation sites is 1. The predicted molar refractivity (Wildman–Crippen MR) is 244 cm³/mol. The van der Waals surface area contributed by atoms with E-state index in [2.05, 4.69) is 212 Å². The highest BCUT2D eigenvalue weighted by atomic mass is 16.5. The SMILES string of the molecule is c1ccc(-c2cc(-c3ccc(-c4ccccc4)c4ccccc34)nc(-c3ccccc3-c3ccc4c(c3)C3(c5ccccc5O4)c4ccccc4-c4ccccc43)n2)cc1. The largest absolute Gasteiger partial charge is 0.457 e. The van der Waals surface area contributed by atoms with Gasteiger partial charge in [-0.25, -0.2) is 9.97 Å². The van der Waals surface area contributed by atoms with Gasteiger partial charge in [0, 0.05) is 27.8 Å². The van der Waals surface area contributed by atoms with Crippen LogP contribution in [0.15, 0.2) is 218 Å². The molecule has 280 valence electrons. The highest BCUT2D eigenvalue weighted by Gasteiger charge is 2.51. The fourth-order valence-electron chi connectivity index (χ4n) is 9.81. The second kappa shape index (κ2) is 13.6. The molecule has 0 atom stereocenters. The molecule has 0 bridgehead atoms. The van der Waals surface area contributed by atoms with Crippen LogP contribution in [0.5, 0.6) is 11.5 Å². The molecule has 1 spiro atoms. The van der Waals surface area contributed by atoms with Crippen LogP contribution in [0.2, 0.25) is 0 Å². The highest BCUT2D eigenvalue weighted by Crippen LogP contribution is 2.62. The lowest BCUT2D eigenvalue weighted by Gasteiger charge is -2.39. The van der Waals surface area contributed by atoms with Crippen LogP contribution >= 0.6 is 0 Å². The standard InChI is InChI=1S/C57H36N2O/c1-3-17-37(18-4-1)41-32-33-46(43-23-9-8-22-42(41)43)53-36-52(38-19-5-2-6-20-38)58-56(59-53)47-26-10-7-21-40(47)39-31-34-55-51(35-39)57(50-29-15-16-30-54(50)60-55)48-27-13-11-24-44(48)45-25-12-14-28-49(45)57/h1-36H. The van der Waals surface area contributed by atoms with Gasteiger partial charge in [0.05, 0.1) is 16.8 Å². The van der Waals surface area contributed by atoms with E-state index >= 15 is 0 Å². The summed E-state index contributed by atoms with van der Waals surface area (Å²) in [7, 11) is 0. The van der Waals surface area contributed by atoms with Crippen molar-refractivity contribution < 1.29 is 4.74 Å². The van der Waals surface area contributed by atoms with Crippen LogP contribution in [0.4, 0.5) is 0 Å². The van der Waals surface area contributed by atoms with Crippen LogP contribution in [-0.2, 0) is 5.41 Å². The lowest BCUT2D eigenvalue weighted by Crippen LogP contribution is -2.32. The van der Waals surface area contributed by atoms with Gasteiger partial charge in [0.25, 0.3) is 0 Å². The van der Waals surface area contributed by atoms with E-state index in [9.17, 15) is 0 Å². The average molecular weight is 765 g/mol. The van der Waals surface area contributed by atoms with Crippen molar-refractivity contribution in [2.24, 2.45) is 0 Å². The second-order valence-electron chi connectivity index (χ2n) is 15.6. The van der Waals surface area contributed by atoms with E-state index in [1.807, 2.05) is 6.07 Å². The first kappa shape index (κ1) is 34.2. The van der Waals surface area contributed by atoms with Crippen molar-refractivity contribution >= 4 is 10.8 Å². The third-order valence-corrected chi connectivity index (χ3v) is 12.4. The zero-order valence-corrected chi connectivity index (χ0v) is 32.6. The molecule has 0 radical (unpaired) electrons. The van der Waals surface area contributed by atoms with Gasteiger partial charge >= 0.3 is 0 Å². The molecule has 3 heteroatoms. The Labute approximate surface area is 348 Å². The minimum absolute atomic E-state index is 0.563. The Bertz CT molecular complexity index is 3250. The monoisotopic (exact) mass is 764 g/mol. The highest BCUT2D eigenvalue weighted by molar-refractivity contribution is 6.05. The molecule has 1 aromatic heterocycles. The topological polar surface area (TPSA) is 35.0 Å². The summed E-state index contributed by atoms with van der Waals surface area (Å²) in [4.78, 5) is 10.8. The summed E-state index contributed by atoms with van der Waals surface area (Å²) < 4.78 is 6.78. The Morgan fingerprint density at radius 1 is 0.300 bits per heavy atom. The molecule has 3 nitrogen and oxygen atoms in total. The first-order valence-electron chi connectivity index (χ1n) is 20.5. The Hall–Kier alpha value is -7.88. The van der Waals surface area contributed by atoms with E-state index in [4.69, 9.17) is 14.7 Å². The molecular weight excluding hydrogens is 729 g/mol. The molecule has 12 rings (SSSR count). The fraction of sp³-hybridized carbons (Fsp3) is 0.0175. The first-order chi connectivity index (χ1) is 29.8. The van der Waals surface area contributed by atoms with Crippen molar-refractivity contribution in [2.75, 3.05) is 0 Å². The molecule has 0 amide bonds. The average Bonchev–Trinajstić information content (AvgIpc) is 3.62. The van der Waals surface area contributed by atoms with Crippen LogP contribution in [0.3, 0.4) is 0 Å². The predicted octanol–water partition coefficient (Wildman–Crippen LogP) is 14.4. The molecule has 1 aliphatic heterocycles. The number of ether oxygens (including phenoxy) is 1. The number of aromatic nitrogens is 2. The summed E-state index contributed by atoms with van der Waals surface area (Å²) in [6.07, 6.45) is 0. The first-order valence-corrected chi connectivity index (χ1v) is 20.5. The lowest BCUT2D eigenvalue weighted by atomic mass is 9.65. The maximum absolute atomic E-state index is 6.78. The molecule has 0 saturated heterocycles.